The third-order valence-electron chi connectivity index (χ3n) is 6.15. The molecule has 3 saturated heterocycles. The van der Waals surface area contributed by atoms with Gasteiger partial charge in [-0.15, -0.1) is 19.7 Å². The molecule has 0 aromatic carbocycles. The van der Waals surface area contributed by atoms with Gasteiger partial charge in [0, 0.05) is 22.7 Å². The first kappa shape index (κ1) is 23.1. The Balaban J connectivity index is 0.000000194. The lowest BCUT2D eigenvalue weighted by Gasteiger charge is -2.43. The van der Waals surface area contributed by atoms with E-state index in [1.165, 1.54) is 0 Å². The molecule has 1 spiro atoms. The first-order valence-electron chi connectivity index (χ1n) is 9.66. The summed E-state index contributed by atoms with van der Waals surface area (Å²) in [6.45, 7) is 21.2. The first-order valence-corrected chi connectivity index (χ1v) is 11.2. The maximum absolute atomic E-state index is 9.59. The number of halogens is 1. The molecule has 0 bridgehead atoms. The summed E-state index contributed by atoms with van der Waals surface area (Å²) < 4.78 is 18.1. The van der Waals surface area contributed by atoms with Gasteiger partial charge in [-0.3, -0.25) is 0 Å². The Morgan fingerprint density at radius 2 is 1.93 bits per heavy atom. The van der Waals surface area contributed by atoms with Crippen LogP contribution in [0.25, 0.3) is 0 Å². The van der Waals surface area contributed by atoms with E-state index in [1.54, 1.807) is 6.08 Å². The maximum atomic E-state index is 9.59. The van der Waals surface area contributed by atoms with Crippen LogP contribution >= 0.6 is 22.6 Å². The third kappa shape index (κ3) is 5.24. The number of alkyl halides is 1. The van der Waals surface area contributed by atoms with Crippen molar-refractivity contribution < 1.29 is 19.3 Å². The second kappa shape index (κ2) is 8.66. The minimum absolute atomic E-state index is 0.0393. The molecule has 154 valence electrons. The summed E-state index contributed by atoms with van der Waals surface area (Å²) in [6, 6.07) is 0. The van der Waals surface area contributed by atoms with E-state index in [4.69, 9.17) is 14.2 Å². The summed E-state index contributed by atoms with van der Waals surface area (Å²) in [5.74, 6) is 0.540. The van der Waals surface area contributed by atoms with Gasteiger partial charge in [-0.1, -0.05) is 54.2 Å². The van der Waals surface area contributed by atoms with Crippen LogP contribution in [0.15, 0.2) is 37.5 Å². The van der Waals surface area contributed by atoms with Crippen molar-refractivity contribution in [3.63, 3.8) is 0 Å². The SMILES string of the molecule is C=C[C@@H](O)[C@@H](C)[C@@]1(CC(=C)C)CO1.C=C[C@H]1OC(C)(CI)C[C@@]2(CO2)[C@@H]1C. The zero-order chi connectivity index (χ0) is 20.5. The summed E-state index contributed by atoms with van der Waals surface area (Å²) in [7, 11) is 0. The van der Waals surface area contributed by atoms with E-state index in [2.05, 4.69) is 56.2 Å². The van der Waals surface area contributed by atoms with E-state index < -0.39 is 6.10 Å². The van der Waals surface area contributed by atoms with Crippen LogP contribution in [0.5, 0.6) is 0 Å². The van der Waals surface area contributed by atoms with Crippen molar-refractivity contribution in [3.05, 3.63) is 37.5 Å². The predicted octanol–water partition coefficient (Wildman–Crippen LogP) is 4.46. The number of aliphatic hydroxyl groups excluding tert-OH is 1. The van der Waals surface area contributed by atoms with Gasteiger partial charge in [0.15, 0.2) is 0 Å². The summed E-state index contributed by atoms with van der Waals surface area (Å²) in [4.78, 5) is 0. The molecule has 0 aromatic heterocycles. The van der Waals surface area contributed by atoms with Gasteiger partial charge in [0.25, 0.3) is 0 Å². The molecule has 0 aromatic rings. The van der Waals surface area contributed by atoms with E-state index in [1.807, 2.05) is 19.9 Å². The highest BCUT2D eigenvalue weighted by Crippen LogP contribution is 2.50. The van der Waals surface area contributed by atoms with Crippen LogP contribution in [0.2, 0.25) is 0 Å². The molecule has 3 rings (SSSR count). The van der Waals surface area contributed by atoms with E-state index in [0.717, 1.165) is 36.1 Å². The van der Waals surface area contributed by atoms with Crippen molar-refractivity contribution in [1.82, 2.24) is 0 Å². The largest absolute Gasteiger partial charge is 0.389 e. The number of ether oxygens (including phenoxy) is 3. The first-order chi connectivity index (χ1) is 12.6. The number of rotatable bonds is 7. The minimum atomic E-state index is -0.484. The standard InChI is InChI=1S/C11H17IO2.C11H18O2/c1-4-9-8(2)11(7-13-11)5-10(3,6-12)14-9;1-5-10(12)9(4)11(7-13-11)6-8(2)3/h4,8-9H,1,5-7H2,2-3H3;5,9-10,12H,1-2,6-7H2,3-4H3/t8-,9-,10?,11-;9-,10-,11-/m11/s1. The van der Waals surface area contributed by atoms with Crippen molar-refractivity contribution >= 4 is 22.6 Å². The Morgan fingerprint density at radius 1 is 1.33 bits per heavy atom. The fourth-order valence-electron chi connectivity index (χ4n) is 4.00. The monoisotopic (exact) mass is 490 g/mol. The fraction of sp³-hybridized carbons (Fsp3) is 0.727. The summed E-state index contributed by atoms with van der Waals surface area (Å²) >= 11 is 2.39. The summed E-state index contributed by atoms with van der Waals surface area (Å²) in [5.41, 5.74) is 0.986. The van der Waals surface area contributed by atoms with E-state index in [-0.39, 0.29) is 28.8 Å². The molecule has 0 saturated carbocycles. The Labute approximate surface area is 178 Å². The Hall–Kier alpha value is -0.210. The molecule has 0 aliphatic carbocycles. The highest BCUT2D eigenvalue weighted by molar-refractivity contribution is 14.1. The average molecular weight is 490 g/mol. The number of hydrogen-bond acceptors (Lipinski definition) is 4. The van der Waals surface area contributed by atoms with Crippen molar-refractivity contribution in [2.45, 2.75) is 69.5 Å². The van der Waals surface area contributed by atoms with Crippen LogP contribution in [-0.2, 0) is 14.2 Å². The molecular formula is C22H35IO4. The molecule has 0 radical (unpaired) electrons. The molecule has 4 nitrogen and oxygen atoms in total. The molecule has 1 N–H and O–H groups in total. The van der Waals surface area contributed by atoms with E-state index >= 15 is 0 Å². The molecule has 5 heteroatoms. The molecule has 3 aliphatic rings. The molecule has 3 heterocycles. The fourth-order valence-corrected chi connectivity index (χ4v) is 4.45. The predicted molar refractivity (Wildman–Crippen MR) is 118 cm³/mol. The molecule has 3 fully saturated rings. The molecule has 3 aliphatic heterocycles. The zero-order valence-corrected chi connectivity index (χ0v) is 19.3. The van der Waals surface area contributed by atoms with Gasteiger partial charge in [0.05, 0.1) is 36.6 Å². The highest BCUT2D eigenvalue weighted by Gasteiger charge is 2.59. The Morgan fingerprint density at radius 3 is 2.30 bits per heavy atom. The van der Waals surface area contributed by atoms with Crippen molar-refractivity contribution in [2.24, 2.45) is 11.8 Å². The summed E-state index contributed by atoms with van der Waals surface area (Å²) in [6.07, 6.45) is 4.99. The smallest absolute Gasteiger partial charge is 0.101 e. The van der Waals surface area contributed by atoms with Crippen LogP contribution in [-0.4, -0.2) is 51.8 Å². The van der Waals surface area contributed by atoms with Crippen molar-refractivity contribution in [1.29, 1.82) is 0 Å². The zero-order valence-electron chi connectivity index (χ0n) is 17.2. The van der Waals surface area contributed by atoms with Crippen LogP contribution in [0, 0.1) is 11.8 Å². The third-order valence-corrected chi connectivity index (χ3v) is 7.76. The normalized spacial score (nSPS) is 41.7. The molecule has 27 heavy (non-hydrogen) atoms. The lowest BCUT2D eigenvalue weighted by molar-refractivity contribution is -0.135. The number of epoxide rings is 2. The van der Waals surface area contributed by atoms with Crippen LogP contribution in [0.3, 0.4) is 0 Å². The Bertz CT molecular complexity index is 567. The van der Waals surface area contributed by atoms with Crippen LogP contribution in [0.4, 0.5) is 0 Å². The number of aliphatic hydroxyl groups is 1. The number of hydrogen-bond donors (Lipinski definition) is 1. The second-order valence-electron chi connectivity index (χ2n) is 8.72. The van der Waals surface area contributed by atoms with Gasteiger partial charge in [0.1, 0.15) is 5.60 Å². The van der Waals surface area contributed by atoms with Gasteiger partial charge < -0.3 is 19.3 Å². The summed E-state index contributed by atoms with van der Waals surface area (Å²) in [5, 5.41) is 9.59. The topological polar surface area (TPSA) is 54.5 Å². The van der Waals surface area contributed by atoms with Crippen molar-refractivity contribution in [3.8, 4) is 0 Å². The molecular weight excluding hydrogens is 455 g/mol. The highest BCUT2D eigenvalue weighted by atomic mass is 127. The van der Waals surface area contributed by atoms with Crippen LogP contribution < -0.4 is 0 Å². The molecule has 0 amide bonds. The van der Waals surface area contributed by atoms with Gasteiger partial charge in [0.2, 0.25) is 0 Å². The van der Waals surface area contributed by atoms with Gasteiger partial charge >= 0.3 is 0 Å². The van der Waals surface area contributed by atoms with Gasteiger partial charge in [-0.25, -0.2) is 0 Å². The molecule has 7 atom stereocenters. The van der Waals surface area contributed by atoms with E-state index in [0.29, 0.717) is 5.92 Å². The van der Waals surface area contributed by atoms with Gasteiger partial charge in [-0.05, 0) is 20.3 Å². The lowest BCUT2D eigenvalue weighted by atomic mass is 9.78. The maximum Gasteiger partial charge on any atom is 0.101 e. The van der Waals surface area contributed by atoms with Gasteiger partial charge in [-0.2, -0.15) is 0 Å². The van der Waals surface area contributed by atoms with Crippen molar-refractivity contribution in [2.75, 3.05) is 17.6 Å². The Kier molecular flexibility index (Phi) is 7.40. The lowest BCUT2D eigenvalue weighted by Crippen LogP contribution is -2.51. The quantitative estimate of drug-likeness (QED) is 0.248. The average Bonchev–Trinajstić information content (AvgIpc) is 3.55. The second-order valence-corrected chi connectivity index (χ2v) is 9.49. The van der Waals surface area contributed by atoms with E-state index in [9.17, 15) is 5.11 Å². The molecule has 1 unspecified atom stereocenters. The van der Waals surface area contributed by atoms with Crippen LogP contribution in [0.1, 0.15) is 40.5 Å². The minimum Gasteiger partial charge on any atom is -0.389 e.